The van der Waals surface area contributed by atoms with Crippen molar-refractivity contribution in [3.8, 4) is 0 Å². The molecule has 1 amide bonds. The zero-order chi connectivity index (χ0) is 14.5. The Morgan fingerprint density at radius 1 is 1.30 bits per heavy atom. The predicted molar refractivity (Wildman–Crippen MR) is 73.9 cm³/mol. The molecule has 0 saturated heterocycles. The third kappa shape index (κ3) is 3.03. The first-order valence-corrected chi connectivity index (χ1v) is 6.29. The van der Waals surface area contributed by atoms with Crippen LogP contribution >= 0.6 is 0 Å². The summed E-state index contributed by atoms with van der Waals surface area (Å²) >= 11 is 0. The van der Waals surface area contributed by atoms with E-state index in [1.807, 2.05) is 6.92 Å². The molecular formula is C14H15N3O3. The summed E-state index contributed by atoms with van der Waals surface area (Å²) in [7, 11) is 0. The molecule has 0 aliphatic heterocycles. The first kappa shape index (κ1) is 13.8. The lowest BCUT2D eigenvalue weighted by Crippen LogP contribution is -2.16. The molecule has 2 rings (SSSR count). The van der Waals surface area contributed by atoms with Gasteiger partial charge >= 0.3 is 5.97 Å². The smallest absolute Gasteiger partial charge is 0.336 e. The predicted octanol–water partition coefficient (Wildman–Crippen LogP) is 2.31. The largest absolute Gasteiger partial charge is 0.478 e. The molecule has 0 bridgehead atoms. The van der Waals surface area contributed by atoms with Crippen LogP contribution in [0.2, 0.25) is 0 Å². The number of nitrogens with one attached hydrogen (secondary N) is 2. The number of carbonyl (C=O) groups is 2. The molecule has 3 N–H and O–H groups in total. The van der Waals surface area contributed by atoms with Crippen LogP contribution in [0, 0.1) is 0 Å². The van der Waals surface area contributed by atoms with Gasteiger partial charge in [-0.1, -0.05) is 25.5 Å². The summed E-state index contributed by atoms with van der Waals surface area (Å²) in [4.78, 5) is 23.1. The summed E-state index contributed by atoms with van der Waals surface area (Å²) in [6, 6.07) is 7.80. The lowest BCUT2D eigenvalue weighted by molar-refractivity contribution is 0.0692. The number of nitrogens with zero attached hydrogens (tertiary/aromatic N) is 1. The van der Waals surface area contributed by atoms with E-state index in [2.05, 4.69) is 15.5 Å². The van der Waals surface area contributed by atoms with Crippen LogP contribution in [0.25, 0.3) is 0 Å². The highest BCUT2D eigenvalue weighted by Crippen LogP contribution is 2.13. The number of carboxylic acid groups (broad SMARTS) is 1. The molecule has 104 valence electrons. The van der Waals surface area contributed by atoms with Gasteiger partial charge in [0.2, 0.25) is 0 Å². The van der Waals surface area contributed by atoms with Crippen molar-refractivity contribution in [2.24, 2.45) is 0 Å². The van der Waals surface area contributed by atoms with Gasteiger partial charge in [0, 0.05) is 11.8 Å². The molecule has 1 aromatic heterocycles. The number of anilines is 1. The van der Waals surface area contributed by atoms with Crippen molar-refractivity contribution in [2.45, 2.75) is 19.8 Å². The zero-order valence-corrected chi connectivity index (χ0v) is 11.0. The first-order chi connectivity index (χ1) is 9.61. The molecule has 0 saturated carbocycles. The van der Waals surface area contributed by atoms with Gasteiger partial charge in [0.05, 0.1) is 11.1 Å². The molecule has 0 aliphatic carbocycles. The number of hydrogen-bond acceptors (Lipinski definition) is 3. The van der Waals surface area contributed by atoms with Gasteiger partial charge in [-0.15, -0.1) is 0 Å². The minimum atomic E-state index is -1.13. The molecule has 0 spiro atoms. The van der Waals surface area contributed by atoms with Gasteiger partial charge in [-0.05, 0) is 18.6 Å². The van der Waals surface area contributed by atoms with Gasteiger partial charge in [0.1, 0.15) is 0 Å². The van der Waals surface area contributed by atoms with E-state index >= 15 is 0 Å². The van der Waals surface area contributed by atoms with Crippen LogP contribution in [-0.4, -0.2) is 27.2 Å². The van der Waals surface area contributed by atoms with Crippen LogP contribution in [0.3, 0.4) is 0 Å². The topological polar surface area (TPSA) is 95.1 Å². The number of aryl methyl sites for hydroxylation is 1. The summed E-state index contributed by atoms with van der Waals surface area (Å²) in [6.45, 7) is 2.04. The summed E-state index contributed by atoms with van der Waals surface area (Å²) in [5, 5.41) is 18.4. The van der Waals surface area contributed by atoms with Gasteiger partial charge in [-0.2, -0.15) is 5.10 Å². The molecule has 0 atom stereocenters. The van der Waals surface area contributed by atoms with Crippen LogP contribution < -0.4 is 5.32 Å². The zero-order valence-electron chi connectivity index (χ0n) is 11.0. The Labute approximate surface area is 115 Å². The van der Waals surface area contributed by atoms with E-state index in [1.165, 1.54) is 12.1 Å². The average Bonchev–Trinajstić information content (AvgIpc) is 2.86. The van der Waals surface area contributed by atoms with Crippen molar-refractivity contribution >= 4 is 17.7 Å². The molecule has 20 heavy (non-hydrogen) atoms. The summed E-state index contributed by atoms with van der Waals surface area (Å²) in [6.07, 6.45) is 1.81. The highest BCUT2D eigenvalue weighted by atomic mass is 16.4. The standard InChI is InChI=1S/C14H15N3O3/c1-2-5-9-8-12(17-16-9)15-13(18)10-6-3-4-7-11(10)14(19)20/h3-4,6-8H,2,5H2,1H3,(H,19,20)(H2,15,16,17,18). The Bertz CT molecular complexity index is 634. The number of carbonyl (C=O) groups excluding carboxylic acids is 1. The summed E-state index contributed by atoms with van der Waals surface area (Å²) in [5.41, 5.74) is 1.00. The van der Waals surface area contributed by atoms with Gasteiger partial charge < -0.3 is 10.4 Å². The second-order valence-corrected chi connectivity index (χ2v) is 4.33. The quantitative estimate of drug-likeness (QED) is 0.779. The molecule has 0 aliphatic rings. The molecule has 0 fully saturated rings. The Balaban J connectivity index is 2.17. The number of aromatic carboxylic acids is 1. The number of amides is 1. The maximum Gasteiger partial charge on any atom is 0.336 e. The Morgan fingerprint density at radius 3 is 2.65 bits per heavy atom. The first-order valence-electron chi connectivity index (χ1n) is 6.29. The molecule has 2 aromatic rings. The van der Waals surface area contributed by atoms with Crippen LogP contribution in [0.5, 0.6) is 0 Å². The van der Waals surface area contributed by atoms with Gasteiger partial charge in [0.15, 0.2) is 5.82 Å². The minimum absolute atomic E-state index is 0.0330. The fraction of sp³-hybridized carbons (Fsp3) is 0.214. The summed E-state index contributed by atoms with van der Waals surface area (Å²) in [5.74, 6) is -1.24. The van der Waals surface area contributed by atoms with E-state index in [4.69, 9.17) is 5.11 Å². The number of carboxylic acids is 1. The SMILES string of the molecule is CCCc1cc(NC(=O)c2ccccc2C(=O)O)n[nH]1. The van der Waals surface area contributed by atoms with Crippen LogP contribution in [0.4, 0.5) is 5.82 Å². The van der Waals surface area contributed by atoms with Crippen molar-refractivity contribution in [2.75, 3.05) is 5.32 Å². The van der Waals surface area contributed by atoms with E-state index < -0.39 is 11.9 Å². The number of benzene rings is 1. The van der Waals surface area contributed by atoms with Gasteiger partial charge in [-0.3, -0.25) is 9.89 Å². The van der Waals surface area contributed by atoms with E-state index in [1.54, 1.807) is 18.2 Å². The fourth-order valence-corrected chi connectivity index (χ4v) is 1.87. The minimum Gasteiger partial charge on any atom is -0.478 e. The van der Waals surface area contributed by atoms with Crippen LogP contribution in [0.15, 0.2) is 30.3 Å². The van der Waals surface area contributed by atoms with Crippen LogP contribution in [-0.2, 0) is 6.42 Å². The molecule has 1 aromatic carbocycles. The maximum atomic E-state index is 12.1. The van der Waals surface area contributed by atoms with E-state index in [0.717, 1.165) is 18.5 Å². The monoisotopic (exact) mass is 273 g/mol. The molecule has 6 nitrogen and oxygen atoms in total. The third-order valence-electron chi connectivity index (χ3n) is 2.79. The lowest BCUT2D eigenvalue weighted by atomic mass is 10.1. The van der Waals surface area contributed by atoms with Gasteiger partial charge in [0.25, 0.3) is 5.91 Å². The Morgan fingerprint density at radius 2 is 2.00 bits per heavy atom. The van der Waals surface area contributed by atoms with Gasteiger partial charge in [-0.25, -0.2) is 4.79 Å². The van der Waals surface area contributed by atoms with E-state index in [-0.39, 0.29) is 11.1 Å². The van der Waals surface area contributed by atoms with E-state index in [9.17, 15) is 9.59 Å². The molecule has 0 unspecified atom stereocenters. The van der Waals surface area contributed by atoms with Crippen molar-refractivity contribution in [1.29, 1.82) is 0 Å². The highest BCUT2D eigenvalue weighted by molar-refractivity contribution is 6.10. The Hall–Kier alpha value is -2.63. The third-order valence-corrected chi connectivity index (χ3v) is 2.79. The number of aromatic amines is 1. The van der Waals surface area contributed by atoms with Crippen molar-refractivity contribution < 1.29 is 14.7 Å². The fourth-order valence-electron chi connectivity index (χ4n) is 1.87. The van der Waals surface area contributed by atoms with Crippen molar-refractivity contribution in [1.82, 2.24) is 10.2 Å². The second-order valence-electron chi connectivity index (χ2n) is 4.33. The molecule has 1 heterocycles. The Kier molecular flexibility index (Phi) is 4.14. The summed E-state index contributed by atoms with van der Waals surface area (Å²) < 4.78 is 0. The molecular weight excluding hydrogens is 258 g/mol. The average molecular weight is 273 g/mol. The molecule has 6 heteroatoms. The van der Waals surface area contributed by atoms with Crippen molar-refractivity contribution in [3.05, 3.63) is 47.2 Å². The van der Waals surface area contributed by atoms with Crippen molar-refractivity contribution in [3.63, 3.8) is 0 Å². The maximum absolute atomic E-state index is 12.1. The normalized spacial score (nSPS) is 10.2. The number of aromatic nitrogens is 2. The highest BCUT2D eigenvalue weighted by Gasteiger charge is 2.16. The molecule has 0 radical (unpaired) electrons. The number of hydrogen-bond donors (Lipinski definition) is 3. The van der Waals surface area contributed by atoms with E-state index in [0.29, 0.717) is 5.82 Å². The number of H-pyrrole nitrogens is 1. The number of rotatable bonds is 5. The lowest BCUT2D eigenvalue weighted by Gasteiger charge is -2.05. The van der Waals surface area contributed by atoms with Crippen LogP contribution in [0.1, 0.15) is 39.8 Å². The second kappa shape index (κ2) is 6.01.